The van der Waals surface area contributed by atoms with Gasteiger partial charge in [-0.05, 0) is 62.3 Å². The summed E-state index contributed by atoms with van der Waals surface area (Å²) in [4.78, 5) is 17.1. The third kappa shape index (κ3) is 3.80. The molecule has 0 aliphatic carbocycles. The van der Waals surface area contributed by atoms with E-state index < -0.39 is 0 Å². The van der Waals surface area contributed by atoms with E-state index >= 15 is 0 Å². The van der Waals surface area contributed by atoms with Crippen LogP contribution in [0.2, 0.25) is 0 Å². The van der Waals surface area contributed by atoms with Gasteiger partial charge in [0.1, 0.15) is 5.75 Å². The van der Waals surface area contributed by atoms with Crippen molar-refractivity contribution in [2.75, 3.05) is 13.2 Å². The standard InChI is InChI=1S/C20H20N2O4S2/c1-2-25-14-5-6-16-12(9-14)8-13(18(23)21-16)10-17-19(24)22(20(27)28-17)11-15-4-3-7-26-15/h5-6,8-10,15,24H,2-4,7,11H2,1H3/b13-10+. The first kappa shape index (κ1) is 19.0. The van der Waals surface area contributed by atoms with Crippen LogP contribution in [0.4, 0.5) is 0 Å². The molecule has 28 heavy (non-hydrogen) atoms. The Bertz CT molecular complexity index is 1120. The lowest BCUT2D eigenvalue weighted by Gasteiger charge is -2.11. The normalized spacial score (nSPS) is 20.0. The van der Waals surface area contributed by atoms with E-state index in [1.165, 1.54) is 11.3 Å². The van der Waals surface area contributed by atoms with Crippen molar-refractivity contribution in [3.8, 4) is 11.6 Å². The van der Waals surface area contributed by atoms with Gasteiger partial charge in [-0.1, -0.05) is 0 Å². The molecule has 2 aliphatic heterocycles. The Kier molecular flexibility index (Phi) is 5.43. The zero-order valence-electron chi connectivity index (χ0n) is 15.4. The first-order chi connectivity index (χ1) is 13.5. The number of hydrogen-bond donors (Lipinski definition) is 1. The molecular weight excluding hydrogens is 396 g/mol. The highest BCUT2D eigenvalue weighted by molar-refractivity contribution is 7.73. The molecule has 3 heterocycles. The summed E-state index contributed by atoms with van der Waals surface area (Å²) in [6, 6.07) is 5.42. The van der Waals surface area contributed by atoms with Gasteiger partial charge in [0.2, 0.25) is 5.88 Å². The second kappa shape index (κ2) is 7.98. The molecule has 0 spiro atoms. The van der Waals surface area contributed by atoms with Gasteiger partial charge < -0.3 is 14.6 Å². The Balaban J connectivity index is 1.70. The molecule has 146 valence electrons. The predicted octanol–water partition coefficient (Wildman–Crippen LogP) is 2.59. The molecule has 6 nitrogen and oxygen atoms in total. The van der Waals surface area contributed by atoms with Gasteiger partial charge in [-0.25, -0.2) is 4.99 Å². The van der Waals surface area contributed by atoms with Crippen LogP contribution in [-0.4, -0.2) is 34.9 Å². The minimum Gasteiger partial charge on any atom is -0.494 e. The monoisotopic (exact) mass is 416 g/mol. The van der Waals surface area contributed by atoms with Crippen LogP contribution < -0.4 is 15.3 Å². The second-order valence-electron chi connectivity index (χ2n) is 6.62. The van der Waals surface area contributed by atoms with E-state index in [0.29, 0.717) is 32.9 Å². The molecule has 1 atom stereocenters. The Labute approximate surface area is 171 Å². The number of benzene rings is 1. The van der Waals surface area contributed by atoms with Crippen molar-refractivity contribution < 1.29 is 19.4 Å². The summed E-state index contributed by atoms with van der Waals surface area (Å²) in [5.41, 5.74) is 0.400. The molecule has 4 rings (SSSR count). The van der Waals surface area contributed by atoms with E-state index in [1.54, 1.807) is 28.9 Å². The quantitative estimate of drug-likeness (QED) is 0.599. The lowest BCUT2D eigenvalue weighted by Crippen LogP contribution is -2.30. The lowest BCUT2D eigenvalue weighted by atomic mass is 10.1. The molecule has 1 unspecified atom stereocenters. The van der Waals surface area contributed by atoms with E-state index in [1.807, 2.05) is 13.0 Å². The number of nitrogens with zero attached hydrogens (tertiary/aromatic N) is 2. The van der Waals surface area contributed by atoms with Crippen molar-refractivity contribution in [3.63, 3.8) is 0 Å². The molecule has 0 saturated carbocycles. The fourth-order valence-electron chi connectivity index (χ4n) is 3.32. The van der Waals surface area contributed by atoms with Gasteiger partial charge in [-0.15, -0.1) is 11.3 Å². The minimum absolute atomic E-state index is 0.0630. The van der Waals surface area contributed by atoms with Crippen LogP contribution >= 0.6 is 23.6 Å². The highest BCUT2D eigenvalue weighted by Crippen LogP contribution is 2.30. The smallest absolute Gasteiger partial charge is 0.277 e. The lowest BCUT2D eigenvalue weighted by molar-refractivity contribution is -0.114. The summed E-state index contributed by atoms with van der Waals surface area (Å²) >= 11 is 6.67. The number of aromatic hydroxyl groups is 1. The molecule has 2 aliphatic rings. The van der Waals surface area contributed by atoms with Crippen LogP contribution in [0.25, 0.3) is 12.2 Å². The molecule has 1 amide bonds. The Morgan fingerprint density at radius 2 is 2.36 bits per heavy atom. The second-order valence-corrected chi connectivity index (χ2v) is 8.29. The fourth-order valence-corrected chi connectivity index (χ4v) is 4.59. The van der Waals surface area contributed by atoms with Gasteiger partial charge in [-0.3, -0.25) is 9.36 Å². The van der Waals surface area contributed by atoms with Crippen LogP contribution in [0, 0.1) is 3.95 Å². The number of ether oxygens (including phenoxy) is 2. The molecule has 2 aromatic rings. The van der Waals surface area contributed by atoms with Crippen molar-refractivity contribution in [1.82, 2.24) is 4.57 Å². The number of thiazole rings is 1. The summed E-state index contributed by atoms with van der Waals surface area (Å²) in [6.07, 6.45) is 5.45. The minimum atomic E-state index is -0.346. The topological polar surface area (TPSA) is 73.1 Å². The van der Waals surface area contributed by atoms with Crippen LogP contribution in [-0.2, 0) is 16.1 Å². The van der Waals surface area contributed by atoms with Crippen LogP contribution in [0.3, 0.4) is 0 Å². The first-order valence-electron chi connectivity index (χ1n) is 9.18. The molecule has 1 fully saturated rings. The summed E-state index contributed by atoms with van der Waals surface area (Å²) < 4.78 is 13.4. The molecule has 8 heteroatoms. The van der Waals surface area contributed by atoms with E-state index in [2.05, 4.69) is 4.99 Å². The van der Waals surface area contributed by atoms with Crippen LogP contribution in [0.1, 0.15) is 24.6 Å². The van der Waals surface area contributed by atoms with Gasteiger partial charge in [0, 0.05) is 17.4 Å². The average Bonchev–Trinajstić information content (AvgIpc) is 3.27. The number of hydrogen-bond acceptors (Lipinski definition) is 6. The first-order valence-corrected chi connectivity index (χ1v) is 10.4. The number of carbonyl (C=O) groups is 1. The fraction of sp³-hybridized carbons (Fsp3) is 0.350. The highest BCUT2D eigenvalue weighted by atomic mass is 32.1. The van der Waals surface area contributed by atoms with E-state index in [9.17, 15) is 9.90 Å². The molecule has 1 N–H and O–H groups in total. The van der Waals surface area contributed by atoms with Gasteiger partial charge >= 0.3 is 0 Å². The van der Waals surface area contributed by atoms with Gasteiger partial charge in [-0.2, -0.15) is 0 Å². The van der Waals surface area contributed by atoms with Crippen LogP contribution in [0.5, 0.6) is 11.6 Å². The molecule has 1 aromatic heterocycles. The maximum Gasteiger partial charge on any atom is 0.277 e. The van der Waals surface area contributed by atoms with Crippen molar-refractivity contribution >= 4 is 41.6 Å². The van der Waals surface area contributed by atoms with Crippen molar-refractivity contribution in [1.29, 1.82) is 0 Å². The molecular formula is C20H20N2O4S2. The number of carbonyl (C=O) groups excluding carboxylic acids is 1. The summed E-state index contributed by atoms with van der Waals surface area (Å²) in [5, 5.41) is 12.0. The number of rotatable bonds is 5. The summed E-state index contributed by atoms with van der Waals surface area (Å²) in [7, 11) is 0. The zero-order valence-corrected chi connectivity index (χ0v) is 17.0. The Morgan fingerprint density at radius 3 is 3.11 bits per heavy atom. The largest absolute Gasteiger partial charge is 0.494 e. The maximum atomic E-state index is 12.4. The van der Waals surface area contributed by atoms with Crippen molar-refractivity contribution in [2.24, 2.45) is 4.99 Å². The van der Waals surface area contributed by atoms with E-state index in [0.717, 1.165) is 30.4 Å². The molecule has 0 bridgehead atoms. The zero-order chi connectivity index (χ0) is 19.7. The van der Waals surface area contributed by atoms with Crippen molar-refractivity contribution in [3.05, 3.63) is 43.2 Å². The number of aromatic nitrogens is 1. The molecule has 0 radical (unpaired) electrons. The Morgan fingerprint density at radius 1 is 1.50 bits per heavy atom. The summed E-state index contributed by atoms with van der Waals surface area (Å²) in [6.45, 7) is 3.74. The third-order valence-electron chi connectivity index (χ3n) is 4.68. The average molecular weight is 417 g/mol. The maximum absolute atomic E-state index is 12.4. The van der Waals surface area contributed by atoms with Crippen molar-refractivity contribution in [2.45, 2.75) is 32.4 Å². The molecule has 1 saturated heterocycles. The highest BCUT2D eigenvalue weighted by Gasteiger charge is 2.20. The number of fused-ring (bicyclic) bond motifs is 1. The SMILES string of the molecule is CCOc1ccc2c(c1)=C/C(=C\c1sc(=S)n(CC3CCCO3)c1O)C(=O)N=2. The molecule has 1 aromatic carbocycles. The van der Waals surface area contributed by atoms with Gasteiger partial charge in [0.05, 0.1) is 29.5 Å². The Hall–Kier alpha value is -2.29. The van der Waals surface area contributed by atoms with Gasteiger partial charge in [0.25, 0.3) is 5.91 Å². The number of amides is 1. The van der Waals surface area contributed by atoms with E-state index in [-0.39, 0.29) is 17.9 Å². The van der Waals surface area contributed by atoms with E-state index in [4.69, 9.17) is 21.7 Å². The summed E-state index contributed by atoms with van der Waals surface area (Å²) in [5.74, 6) is 0.441. The predicted molar refractivity (Wildman–Crippen MR) is 110 cm³/mol. The third-order valence-corrected chi connectivity index (χ3v) is 6.07. The van der Waals surface area contributed by atoms with Crippen LogP contribution in [0.15, 0.2) is 28.8 Å². The van der Waals surface area contributed by atoms with Gasteiger partial charge in [0.15, 0.2) is 3.95 Å².